The van der Waals surface area contributed by atoms with Crippen LogP contribution in [0.4, 0.5) is 0 Å². The minimum Gasteiger partial charge on any atom is -0.355 e. The monoisotopic (exact) mass is 328 g/mol. The normalized spacial score (nSPS) is 21.3. The maximum Gasteiger partial charge on any atom is 0.225 e. The van der Waals surface area contributed by atoms with Crippen LogP contribution < -0.4 is 5.32 Å². The molecule has 7 nitrogen and oxygen atoms in total. The summed E-state index contributed by atoms with van der Waals surface area (Å²) in [5.74, 6) is 1.14. The summed E-state index contributed by atoms with van der Waals surface area (Å²) >= 11 is 0. The molecule has 0 aromatic carbocycles. The van der Waals surface area contributed by atoms with Crippen molar-refractivity contribution in [3.8, 4) is 0 Å². The molecule has 0 saturated heterocycles. The molecular weight excluding hydrogens is 304 g/mol. The number of hydrogen-bond donors (Lipinski definition) is 1. The highest BCUT2D eigenvalue weighted by Gasteiger charge is 2.44. The second kappa shape index (κ2) is 5.72. The Morgan fingerprint density at radius 1 is 1.42 bits per heavy atom. The Kier molecular flexibility index (Phi) is 3.66. The number of nitrogens with zero attached hydrogens (tertiary/aromatic N) is 5. The van der Waals surface area contributed by atoms with Crippen molar-refractivity contribution >= 4 is 5.91 Å². The van der Waals surface area contributed by atoms with Crippen molar-refractivity contribution in [2.45, 2.75) is 52.6 Å². The van der Waals surface area contributed by atoms with Gasteiger partial charge in [0.25, 0.3) is 0 Å². The molecule has 3 heterocycles. The topological polar surface area (TPSA) is 77.6 Å². The van der Waals surface area contributed by atoms with Gasteiger partial charge in [0.2, 0.25) is 5.91 Å². The van der Waals surface area contributed by atoms with E-state index in [4.69, 9.17) is 0 Å². The van der Waals surface area contributed by atoms with E-state index in [0.717, 1.165) is 50.3 Å². The number of carbonyl (C=O) groups is 1. The molecule has 4 rings (SSSR count). The predicted octanol–water partition coefficient (Wildman–Crippen LogP) is 1.25. The fourth-order valence-electron chi connectivity index (χ4n) is 3.59. The van der Waals surface area contributed by atoms with Crippen molar-refractivity contribution < 1.29 is 4.79 Å². The standard InChI is InChI=1S/C17H24N6O/c1-12-7-13(2)23(21-12)10-17(5-6-17)9-18-16(24)14-3-4-15-19-11-20-22(15)8-14/h7,11,14H,3-6,8-10H2,1-2H3,(H,18,24). The number of aromatic nitrogens is 5. The average Bonchev–Trinajstić information content (AvgIpc) is 3.02. The van der Waals surface area contributed by atoms with E-state index in [1.165, 1.54) is 5.69 Å². The molecule has 1 N–H and O–H groups in total. The highest BCUT2D eigenvalue weighted by molar-refractivity contribution is 5.78. The van der Waals surface area contributed by atoms with Crippen molar-refractivity contribution in [3.05, 3.63) is 29.6 Å². The highest BCUT2D eigenvalue weighted by atomic mass is 16.1. The van der Waals surface area contributed by atoms with Gasteiger partial charge in [-0.05, 0) is 39.2 Å². The number of nitrogens with one attached hydrogen (secondary N) is 1. The van der Waals surface area contributed by atoms with E-state index in [9.17, 15) is 4.79 Å². The fourth-order valence-corrected chi connectivity index (χ4v) is 3.59. The third-order valence-electron chi connectivity index (χ3n) is 5.36. The van der Waals surface area contributed by atoms with E-state index in [2.05, 4.69) is 38.2 Å². The Balaban J connectivity index is 1.33. The van der Waals surface area contributed by atoms with Gasteiger partial charge in [0.05, 0.1) is 18.2 Å². The van der Waals surface area contributed by atoms with Crippen LogP contribution in [0.15, 0.2) is 12.4 Å². The van der Waals surface area contributed by atoms with Gasteiger partial charge in [-0.25, -0.2) is 9.67 Å². The van der Waals surface area contributed by atoms with Gasteiger partial charge in [-0.3, -0.25) is 9.48 Å². The fraction of sp³-hybridized carbons (Fsp3) is 0.647. The molecule has 1 atom stereocenters. The molecule has 0 radical (unpaired) electrons. The van der Waals surface area contributed by atoms with Crippen LogP contribution in [0.1, 0.15) is 36.5 Å². The van der Waals surface area contributed by atoms with Crippen LogP contribution in [0, 0.1) is 25.2 Å². The minimum atomic E-state index is 0.00341. The van der Waals surface area contributed by atoms with Gasteiger partial charge in [-0.15, -0.1) is 0 Å². The Morgan fingerprint density at radius 2 is 2.25 bits per heavy atom. The van der Waals surface area contributed by atoms with Gasteiger partial charge in [0.1, 0.15) is 12.2 Å². The van der Waals surface area contributed by atoms with Crippen molar-refractivity contribution in [2.75, 3.05) is 6.54 Å². The van der Waals surface area contributed by atoms with Gasteiger partial charge in [0, 0.05) is 30.6 Å². The Bertz CT molecular complexity index is 757. The van der Waals surface area contributed by atoms with E-state index >= 15 is 0 Å². The summed E-state index contributed by atoms with van der Waals surface area (Å²) in [6, 6.07) is 2.10. The van der Waals surface area contributed by atoms with E-state index < -0.39 is 0 Å². The summed E-state index contributed by atoms with van der Waals surface area (Å²) in [4.78, 5) is 16.7. The molecule has 7 heteroatoms. The molecule has 1 amide bonds. The van der Waals surface area contributed by atoms with Gasteiger partial charge in [-0.2, -0.15) is 10.2 Å². The summed E-state index contributed by atoms with van der Waals surface area (Å²) in [6.07, 6.45) is 5.57. The third-order valence-corrected chi connectivity index (χ3v) is 5.36. The minimum absolute atomic E-state index is 0.00341. The molecular formula is C17H24N6O. The Labute approximate surface area is 141 Å². The zero-order valence-electron chi connectivity index (χ0n) is 14.3. The highest BCUT2D eigenvalue weighted by Crippen LogP contribution is 2.46. The summed E-state index contributed by atoms with van der Waals surface area (Å²) < 4.78 is 3.94. The number of hydrogen-bond acceptors (Lipinski definition) is 4. The van der Waals surface area contributed by atoms with Crippen molar-refractivity contribution in [1.82, 2.24) is 29.9 Å². The maximum atomic E-state index is 12.5. The first-order valence-electron chi connectivity index (χ1n) is 8.70. The van der Waals surface area contributed by atoms with Crippen LogP contribution in [0.3, 0.4) is 0 Å². The van der Waals surface area contributed by atoms with E-state index in [1.807, 2.05) is 11.6 Å². The van der Waals surface area contributed by atoms with E-state index in [-0.39, 0.29) is 17.2 Å². The molecule has 2 aromatic rings. The van der Waals surface area contributed by atoms with Gasteiger partial charge in [-0.1, -0.05) is 0 Å². The second-order valence-corrected chi connectivity index (χ2v) is 7.40. The first-order valence-corrected chi connectivity index (χ1v) is 8.70. The zero-order valence-corrected chi connectivity index (χ0v) is 14.3. The summed E-state index contributed by atoms with van der Waals surface area (Å²) in [5, 5.41) is 11.9. The smallest absolute Gasteiger partial charge is 0.225 e. The summed E-state index contributed by atoms with van der Waals surface area (Å²) in [5.41, 5.74) is 2.43. The van der Waals surface area contributed by atoms with Crippen LogP contribution in [0.5, 0.6) is 0 Å². The van der Waals surface area contributed by atoms with Crippen molar-refractivity contribution in [1.29, 1.82) is 0 Å². The second-order valence-electron chi connectivity index (χ2n) is 7.40. The van der Waals surface area contributed by atoms with Gasteiger partial charge in [0.15, 0.2) is 0 Å². The van der Waals surface area contributed by atoms with Crippen LogP contribution in [0.25, 0.3) is 0 Å². The molecule has 128 valence electrons. The number of fused-ring (bicyclic) bond motifs is 1. The van der Waals surface area contributed by atoms with Gasteiger partial charge < -0.3 is 5.32 Å². The SMILES string of the molecule is Cc1cc(C)n(CC2(CNC(=O)C3CCc4ncnn4C3)CC2)n1. The van der Waals surface area contributed by atoms with Crippen LogP contribution in [-0.2, 0) is 24.3 Å². The lowest BCUT2D eigenvalue weighted by molar-refractivity contribution is -0.126. The lowest BCUT2D eigenvalue weighted by Crippen LogP contribution is -2.40. The predicted molar refractivity (Wildman–Crippen MR) is 88.2 cm³/mol. The largest absolute Gasteiger partial charge is 0.355 e. The molecule has 0 spiro atoms. The lowest BCUT2D eigenvalue weighted by atomic mass is 9.98. The molecule has 24 heavy (non-hydrogen) atoms. The van der Waals surface area contributed by atoms with Crippen LogP contribution in [-0.4, -0.2) is 37.0 Å². The number of rotatable bonds is 5. The van der Waals surface area contributed by atoms with Crippen molar-refractivity contribution in [2.24, 2.45) is 11.3 Å². The number of aryl methyl sites for hydroxylation is 3. The molecule has 1 fully saturated rings. The molecule has 1 unspecified atom stereocenters. The first-order chi connectivity index (χ1) is 11.5. The molecule has 1 saturated carbocycles. The lowest BCUT2D eigenvalue weighted by Gasteiger charge is -2.23. The molecule has 1 aliphatic carbocycles. The van der Waals surface area contributed by atoms with Crippen LogP contribution >= 0.6 is 0 Å². The van der Waals surface area contributed by atoms with E-state index in [0.29, 0.717) is 6.54 Å². The number of amides is 1. The average molecular weight is 328 g/mol. The van der Waals surface area contributed by atoms with Gasteiger partial charge >= 0.3 is 0 Å². The van der Waals surface area contributed by atoms with E-state index in [1.54, 1.807) is 6.33 Å². The maximum absolute atomic E-state index is 12.5. The Morgan fingerprint density at radius 3 is 2.96 bits per heavy atom. The molecule has 0 bridgehead atoms. The number of carbonyl (C=O) groups excluding carboxylic acids is 1. The molecule has 2 aliphatic rings. The first kappa shape index (κ1) is 15.4. The van der Waals surface area contributed by atoms with Crippen LogP contribution in [0.2, 0.25) is 0 Å². The third kappa shape index (κ3) is 2.95. The Hall–Kier alpha value is -2.18. The summed E-state index contributed by atoms with van der Waals surface area (Å²) in [7, 11) is 0. The molecule has 2 aromatic heterocycles. The quantitative estimate of drug-likeness (QED) is 0.896. The molecule has 1 aliphatic heterocycles. The zero-order chi connectivity index (χ0) is 16.7. The summed E-state index contributed by atoms with van der Waals surface area (Å²) in [6.45, 7) is 6.39. The van der Waals surface area contributed by atoms with Crippen molar-refractivity contribution in [3.63, 3.8) is 0 Å².